The maximum Gasteiger partial charge on any atom is 0.221 e. The Kier molecular flexibility index (Phi) is 4.65. The van der Waals surface area contributed by atoms with E-state index in [2.05, 4.69) is 6.07 Å². The predicted molar refractivity (Wildman–Crippen MR) is 112 cm³/mol. The quantitative estimate of drug-likeness (QED) is 0.807. The molecule has 0 saturated carbocycles. The first kappa shape index (κ1) is 18.7. The van der Waals surface area contributed by atoms with Gasteiger partial charge in [0.15, 0.2) is 0 Å². The summed E-state index contributed by atoms with van der Waals surface area (Å²) >= 11 is 6.20. The highest BCUT2D eigenvalue weighted by molar-refractivity contribution is 6.30. The van der Waals surface area contributed by atoms with Gasteiger partial charge in [0, 0.05) is 31.0 Å². The van der Waals surface area contributed by atoms with Gasteiger partial charge in [-0.15, -0.1) is 0 Å². The molecule has 2 aromatic carbocycles. The van der Waals surface area contributed by atoms with Gasteiger partial charge >= 0.3 is 0 Å². The summed E-state index contributed by atoms with van der Waals surface area (Å²) in [5.74, 6) is 1.46. The van der Waals surface area contributed by atoms with Crippen molar-refractivity contribution in [3.05, 3.63) is 53.1 Å². The molecule has 0 aromatic heterocycles. The van der Waals surface area contributed by atoms with Crippen molar-refractivity contribution in [2.45, 2.75) is 31.1 Å². The summed E-state index contributed by atoms with van der Waals surface area (Å²) in [5, 5.41) is 2.23. The highest BCUT2D eigenvalue weighted by atomic mass is 35.5. The zero-order valence-electron chi connectivity index (χ0n) is 16.3. The Labute approximate surface area is 175 Å². The van der Waals surface area contributed by atoms with Crippen molar-refractivity contribution in [3.63, 3.8) is 0 Å². The summed E-state index contributed by atoms with van der Waals surface area (Å²) in [5.41, 5.74) is 8.16. The first-order chi connectivity index (χ1) is 14.0. The van der Waals surface area contributed by atoms with E-state index in [1.54, 1.807) is 7.05 Å². The molecule has 0 bridgehead atoms. The molecule has 3 atom stereocenters. The number of ether oxygens (including phenoxy) is 2. The SMILES string of the molecule is CN1OC2(CC(C3CCCOC3)Oc3ccc(-c4cccc(Cl)c4)cc32)N=C1N. The highest BCUT2D eigenvalue weighted by Gasteiger charge is 2.50. The van der Waals surface area contributed by atoms with Crippen LogP contribution in [0.5, 0.6) is 5.75 Å². The number of halogens is 1. The van der Waals surface area contributed by atoms with Crippen molar-refractivity contribution in [1.82, 2.24) is 5.06 Å². The topological polar surface area (TPSA) is 69.3 Å². The third-order valence-corrected chi connectivity index (χ3v) is 6.18. The first-order valence-electron chi connectivity index (χ1n) is 9.97. The standard InChI is InChI=1S/C22H24ClN3O3/c1-26-21(24)25-22(29-26)12-20(16-5-3-9-27-13-16)28-19-8-7-15(11-18(19)22)14-4-2-6-17(23)10-14/h2,4,6-8,10-11,16,20H,3,5,9,12-13H2,1H3,(H2,24,25). The molecule has 2 aromatic rings. The van der Waals surface area contributed by atoms with Gasteiger partial charge in [0.25, 0.3) is 0 Å². The molecule has 2 N–H and O–H groups in total. The minimum Gasteiger partial charge on any atom is -0.489 e. The number of hydroxylamine groups is 2. The number of aliphatic imine (C=N–C) groups is 1. The van der Waals surface area contributed by atoms with Crippen LogP contribution in [0.15, 0.2) is 47.5 Å². The Morgan fingerprint density at radius 2 is 2.07 bits per heavy atom. The van der Waals surface area contributed by atoms with Crippen molar-refractivity contribution in [3.8, 4) is 16.9 Å². The molecular weight excluding hydrogens is 390 g/mol. The largest absolute Gasteiger partial charge is 0.489 e. The van der Waals surface area contributed by atoms with E-state index in [0.29, 0.717) is 29.9 Å². The molecule has 0 aliphatic carbocycles. The van der Waals surface area contributed by atoms with Crippen molar-refractivity contribution in [2.24, 2.45) is 16.6 Å². The van der Waals surface area contributed by atoms with Gasteiger partial charge in [0.1, 0.15) is 11.9 Å². The Balaban J connectivity index is 1.57. The molecular formula is C22H24ClN3O3. The summed E-state index contributed by atoms with van der Waals surface area (Å²) < 4.78 is 12.1. The smallest absolute Gasteiger partial charge is 0.221 e. The number of guanidine groups is 1. The molecule has 1 spiro atoms. The van der Waals surface area contributed by atoms with Gasteiger partial charge in [0.2, 0.25) is 11.7 Å². The lowest BCUT2D eigenvalue weighted by atomic mass is 9.84. The summed E-state index contributed by atoms with van der Waals surface area (Å²) in [6.45, 7) is 1.52. The second kappa shape index (κ2) is 7.20. The number of hydrogen-bond donors (Lipinski definition) is 1. The molecule has 1 saturated heterocycles. The van der Waals surface area contributed by atoms with Crippen molar-refractivity contribution >= 4 is 17.6 Å². The van der Waals surface area contributed by atoms with Crippen LogP contribution in [-0.4, -0.2) is 37.4 Å². The van der Waals surface area contributed by atoms with Gasteiger partial charge in [-0.25, -0.2) is 14.9 Å². The average molecular weight is 414 g/mol. The maximum absolute atomic E-state index is 6.43. The molecule has 0 amide bonds. The number of nitrogens with zero attached hydrogens (tertiary/aromatic N) is 2. The Morgan fingerprint density at radius 3 is 2.79 bits per heavy atom. The zero-order valence-corrected chi connectivity index (χ0v) is 17.1. The number of nitrogens with two attached hydrogens (primary N) is 1. The second-order valence-electron chi connectivity index (χ2n) is 7.90. The number of benzene rings is 2. The van der Waals surface area contributed by atoms with Crippen LogP contribution in [0.2, 0.25) is 5.02 Å². The van der Waals surface area contributed by atoms with Gasteiger partial charge in [-0.2, -0.15) is 0 Å². The van der Waals surface area contributed by atoms with Crippen LogP contribution in [0.3, 0.4) is 0 Å². The lowest BCUT2D eigenvalue weighted by Gasteiger charge is -2.41. The van der Waals surface area contributed by atoms with E-state index in [4.69, 9.17) is 36.6 Å². The van der Waals surface area contributed by atoms with Gasteiger partial charge in [-0.05, 0) is 48.2 Å². The maximum atomic E-state index is 6.43. The van der Waals surface area contributed by atoms with Crippen LogP contribution < -0.4 is 10.5 Å². The predicted octanol–water partition coefficient (Wildman–Crippen LogP) is 3.93. The van der Waals surface area contributed by atoms with E-state index in [-0.39, 0.29) is 6.10 Å². The minimum atomic E-state index is -0.886. The van der Waals surface area contributed by atoms with Crippen LogP contribution in [0.25, 0.3) is 11.1 Å². The van der Waals surface area contributed by atoms with Gasteiger partial charge in [0.05, 0.1) is 12.2 Å². The van der Waals surface area contributed by atoms with E-state index in [1.165, 1.54) is 5.06 Å². The van der Waals surface area contributed by atoms with E-state index in [9.17, 15) is 0 Å². The number of rotatable bonds is 2. The van der Waals surface area contributed by atoms with Crippen molar-refractivity contribution < 1.29 is 14.3 Å². The molecule has 3 aliphatic heterocycles. The zero-order chi connectivity index (χ0) is 20.0. The summed E-state index contributed by atoms with van der Waals surface area (Å²) in [6.07, 6.45) is 2.68. The minimum absolute atomic E-state index is 0.0390. The molecule has 0 radical (unpaired) electrons. The summed E-state index contributed by atoms with van der Waals surface area (Å²) in [4.78, 5) is 11.0. The van der Waals surface area contributed by atoms with Crippen LogP contribution >= 0.6 is 11.6 Å². The summed E-state index contributed by atoms with van der Waals surface area (Å²) in [7, 11) is 1.78. The van der Waals surface area contributed by atoms with Gasteiger partial charge in [-0.1, -0.05) is 29.8 Å². The Morgan fingerprint density at radius 1 is 1.21 bits per heavy atom. The van der Waals surface area contributed by atoms with Gasteiger partial charge in [-0.3, -0.25) is 0 Å². The second-order valence-corrected chi connectivity index (χ2v) is 8.34. The van der Waals surface area contributed by atoms with E-state index in [1.807, 2.05) is 36.4 Å². The molecule has 6 nitrogen and oxygen atoms in total. The lowest BCUT2D eigenvalue weighted by Crippen LogP contribution is -2.44. The number of fused-ring (bicyclic) bond motifs is 2. The Bertz CT molecular complexity index is 960. The van der Waals surface area contributed by atoms with Crippen LogP contribution in [0.1, 0.15) is 24.8 Å². The lowest BCUT2D eigenvalue weighted by molar-refractivity contribution is -0.196. The van der Waals surface area contributed by atoms with Crippen molar-refractivity contribution in [2.75, 3.05) is 20.3 Å². The molecule has 3 heterocycles. The fourth-order valence-electron chi connectivity index (χ4n) is 4.44. The fraction of sp³-hybridized carbons (Fsp3) is 0.409. The number of hydrogen-bond acceptors (Lipinski definition) is 6. The van der Waals surface area contributed by atoms with Gasteiger partial charge < -0.3 is 15.2 Å². The highest BCUT2D eigenvalue weighted by Crippen LogP contribution is 2.48. The molecule has 7 heteroatoms. The van der Waals surface area contributed by atoms with E-state index < -0.39 is 5.72 Å². The molecule has 1 fully saturated rings. The van der Waals surface area contributed by atoms with Crippen LogP contribution in [-0.2, 0) is 15.3 Å². The van der Waals surface area contributed by atoms with Crippen molar-refractivity contribution in [1.29, 1.82) is 0 Å². The average Bonchev–Trinajstić information content (AvgIpc) is 3.02. The normalized spacial score (nSPS) is 28.8. The molecule has 152 valence electrons. The van der Waals surface area contributed by atoms with E-state index in [0.717, 1.165) is 41.9 Å². The monoisotopic (exact) mass is 413 g/mol. The molecule has 3 aliphatic rings. The molecule has 5 rings (SSSR count). The first-order valence-corrected chi connectivity index (χ1v) is 10.3. The summed E-state index contributed by atoms with van der Waals surface area (Å²) in [6, 6.07) is 13.9. The Hall–Kier alpha value is -2.28. The van der Waals surface area contributed by atoms with E-state index >= 15 is 0 Å². The molecule has 3 unspecified atom stereocenters. The van der Waals surface area contributed by atoms with Crippen LogP contribution in [0, 0.1) is 5.92 Å². The fourth-order valence-corrected chi connectivity index (χ4v) is 4.63. The third kappa shape index (κ3) is 3.35. The molecule has 29 heavy (non-hydrogen) atoms. The third-order valence-electron chi connectivity index (χ3n) is 5.94. The van der Waals surface area contributed by atoms with Crippen LogP contribution in [0.4, 0.5) is 0 Å².